The maximum atomic E-state index is 4.41. The molecule has 4 heterocycles. The molecule has 1 N–H and O–H groups in total. The number of benzene rings is 1. The molecule has 2 aliphatic carbocycles. The average Bonchev–Trinajstić information content (AvgIpc) is 2.58. The third-order valence-corrected chi connectivity index (χ3v) is 8.08. The summed E-state index contributed by atoms with van der Waals surface area (Å²) in [6.45, 7) is 3.70. The van der Waals surface area contributed by atoms with Crippen LogP contribution in [0.1, 0.15) is 31.2 Å². The van der Waals surface area contributed by atoms with Gasteiger partial charge in [0.1, 0.15) is 5.03 Å². The number of hydrogen-bond acceptors (Lipinski definition) is 5. The highest BCUT2D eigenvalue weighted by molar-refractivity contribution is 7.99. The Balaban J connectivity index is 1.19. The maximum absolute atomic E-state index is 4.41. The van der Waals surface area contributed by atoms with Crippen LogP contribution in [-0.2, 0) is 6.54 Å². The van der Waals surface area contributed by atoms with Crippen LogP contribution in [0, 0.1) is 17.3 Å². The van der Waals surface area contributed by atoms with Crippen molar-refractivity contribution < 1.29 is 0 Å². The summed E-state index contributed by atoms with van der Waals surface area (Å²) in [7, 11) is 0. The molecule has 4 nitrogen and oxygen atoms in total. The van der Waals surface area contributed by atoms with Gasteiger partial charge in [-0.1, -0.05) is 24.2 Å². The monoisotopic (exact) mass is 350 g/mol. The summed E-state index contributed by atoms with van der Waals surface area (Å²) in [5.41, 5.74) is 3.36. The van der Waals surface area contributed by atoms with Gasteiger partial charge in [0.05, 0.1) is 5.69 Å². The lowest BCUT2D eigenvalue weighted by Gasteiger charge is -2.67. The number of nitrogens with one attached hydrogen (secondary N) is 1. The Labute approximate surface area is 152 Å². The highest BCUT2D eigenvalue weighted by Crippen LogP contribution is 2.65. The normalized spacial score (nSPS) is 28.3. The van der Waals surface area contributed by atoms with E-state index in [1.54, 1.807) is 24.2 Å². The van der Waals surface area contributed by atoms with Gasteiger partial charge in [-0.05, 0) is 54.2 Å². The van der Waals surface area contributed by atoms with Gasteiger partial charge in [-0.2, -0.15) is 0 Å². The number of anilines is 2. The van der Waals surface area contributed by atoms with Crippen LogP contribution in [0.3, 0.4) is 0 Å². The minimum absolute atomic E-state index is 0.785. The van der Waals surface area contributed by atoms with Gasteiger partial charge < -0.3 is 5.32 Å². The van der Waals surface area contributed by atoms with Crippen LogP contribution < -0.4 is 5.32 Å². The number of piperidine rings is 2. The lowest BCUT2D eigenvalue weighted by Crippen LogP contribution is -2.64. The van der Waals surface area contributed by atoms with E-state index in [1.807, 2.05) is 0 Å². The van der Waals surface area contributed by atoms with E-state index in [9.17, 15) is 0 Å². The highest BCUT2D eigenvalue weighted by atomic mass is 32.2. The van der Waals surface area contributed by atoms with Gasteiger partial charge >= 0.3 is 0 Å². The first-order chi connectivity index (χ1) is 12.3. The first-order valence-electron chi connectivity index (χ1n) is 9.41. The fraction of sp³-hybridized carbons (Fsp3) is 0.500. The second-order valence-corrected chi connectivity index (χ2v) is 9.21. The van der Waals surface area contributed by atoms with Crippen LogP contribution in [0.5, 0.6) is 0 Å². The van der Waals surface area contributed by atoms with Crippen LogP contribution in [0.25, 0.3) is 0 Å². The van der Waals surface area contributed by atoms with Crippen molar-refractivity contribution in [2.45, 2.75) is 42.1 Å². The molecule has 1 aromatic heterocycles. The van der Waals surface area contributed by atoms with Gasteiger partial charge in [-0.25, -0.2) is 9.97 Å². The van der Waals surface area contributed by atoms with Crippen molar-refractivity contribution in [1.82, 2.24) is 14.9 Å². The third-order valence-electron chi connectivity index (χ3n) is 7.01. The molecule has 2 saturated carbocycles. The molecule has 5 heteroatoms. The molecule has 3 aliphatic heterocycles. The first-order valence-corrected chi connectivity index (χ1v) is 10.2. The molecule has 0 radical (unpaired) electrons. The summed E-state index contributed by atoms with van der Waals surface area (Å²) >= 11 is 1.71. The molecule has 2 bridgehead atoms. The Hall–Kier alpha value is -1.59. The van der Waals surface area contributed by atoms with Crippen molar-refractivity contribution in [3.05, 3.63) is 36.2 Å². The number of rotatable bonds is 2. The summed E-state index contributed by atoms with van der Waals surface area (Å²) in [5.74, 6) is 2.84. The zero-order valence-corrected chi connectivity index (χ0v) is 15.1. The molecule has 5 aliphatic rings. The number of aromatic nitrogens is 2. The van der Waals surface area contributed by atoms with Crippen LogP contribution in [0.4, 0.5) is 11.5 Å². The lowest BCUT2D eigenvalue weighted by molar-refractivity contribution is -0.176. The largest absolute Gasteiger partial charge is 0.337 e. The standard InChI is InChI=1S/C20H22N4S/c1-4-20(5-1)14-9-15(20)12-24(11-14)10-13-2-3-17-16(8-13)23-18-19(25-17)22-7-6-21-18/h2-3,6-8,14-15H,1,4-5,9-12H2,(H,21,23). The van der Waals surface area contributed by atoms with Gasteiger partial charge in [0.25, 0.3) is 0 Å². The number of fused-ring (bicyclic) bond motifs is 4. The first kappa shape index (κ1) is 14.6. The minimum Gasteiger partial charge on any atom is -0.337 e. The van der Waals surface area contributed by atoms with Gasteiger partial charge in [-0.3, -0.25) is 4.90 Å². The van der Waals surface area contributed by atoms with Crippen LogP contribution in [0.15, 0.2) is 40.5 Å². The van der Waals surface area contributed by atoms with E-state index < -0.39 is 0 Å². The fourth-order valence-electron chi connectivity index (χ4n) is 5.56. The lowest BCUT2D eigenvalue weighted by atomic mass is 9.42. The molecule has 2 aromatic rings. The molecular formula is C20H22N4S. The van der Waals surface area contributed by atoms with Gasteiger partial charge in [0, 0.05) is 36.9 Å². The fourth-order valence-corrected chi connectivity index (χ4v) is 6.44. The van der Waals surface area contributed by atoms with E-state index in [0.29, 0.717) is 0 Å². The van der Waals surface area contributed by atoms with Crippen molar-refractivity contribution in [2.24, 2.45) is 17.3 Å². The number of nitrogens with zero attached hydrogens (tertiary/aromatic N) is 3. The van der Waals surface area contributed by atoms with Crippen LogP contribution >= 0.6 is 11.8 Å². The van der Waals surface area contributed by atoms with Crippen molar-refractivity contribution in [2.75, 3.05) is 18.4 Å². The highest BCUT2D eigenvalue weighted by Gasteiger charge is 2.60. The van der Waals surface area contributed by atoms with E-state index in [2.05, 4.69) is 38.4 Å². The smallest absolute Gasteiger partial charge is 0.163 e. The summed E-state index contributed by atoms with van der Waals surface area (Å²) < 4.78 is 0. The van der Waals surface area contributed by atoms with Crippen molar-refractivity contribution in [1.29, 1.82) is 0 Å². The molecule has 1 spiro atoms. The summed E-state index contributed by atoms with van der Waals surface area (Å²) in [6.07, 6.45) is 9.49. The van der Waals surface area contributed by atoms with Crippen molar-refractivity contribution in [3.63, 3.8) is 0 Å². The Kier molecular flexibility index (Phi) is 3.03. The zero-order valence-electron chi connectivity index (χ0n) is 14.2. The molecular weight excluding hydrogens is 328 g/mol. The molecule has 1 aromatic carbocycles. The van der Waals surface area contributed by atoms with Crippen LogP contribution in [0.2, 0.25) is 0 Å². The molecule has 25 heavy (non-hydrogen) atoms. The Bertz CT molecular complexity index is 833. The molecule has 2 unspecified atom stereocenters. The van der Waals surface area contributed by atoms with Gasteiger partial charge in [-0.15, -0.1) is 0 Å². The van der Waals surface area contributed by atoms with E-state index in [-0.39, 0.29) is 0 Å². The Morgan fingerprint density at radius 1 is 1.16 bits per heavy atom. The van der Waals surface area contributed by atoms with Crippen LogP contribution in [-0.4, -0.2) is 28.0 Å². The van der Waals surface area contributed by atoms with E-state index in [0.717, 1.165) is 34.6 Å². The topological polar surface area (TPSA) is 41.1 Å². The number of hydrogen-bond donors (Lipinski definition) is 1. The Morgan fingerprint density at radius 3 is 2.80 bits per heavy atom. The predicted octanol–water partition coefficient (Wildman–Crippen LogP) is 4.31. The molecule has 2 saturated heterocycles. The summed E-state index contributed by atoms with van der Waals surface area (Å²) in [4.78, 5) is 12.7. The van der Waals surface area contributed by atoms with E-state index >= 15 is 0 Å². The van der Waals surface area contributed by atoms with E-state index in [4.69, 9.17) is 0 Å². The molecule has 4 fully saturated rings. The van der Waals surface area contributed by atoms with Gasteiger partial charge in [0.15, 0.2) is 5.82 Å². The van der Waals surface area contributed by atoms with Gasteiger partial charge in [0.2, 0.25) is 0 Å². The minimum atomic E-state index is 0.785. The van der Waals surface area contributed by atoms with Crippen molar-refractivity contribution in [3.8, 4) is 0 Å². The van der Waals surface area contributed by atoms with E-state index in [1.165, 1.54) is 54.9 Å². The SMILES string of the molecule is c1cnc2c(n1)Nc1cc(CN3CC4CC(C3)C43CCC3)ccc1S2. The second-order valence-electron chi connectivity index (χ2n) is 8.18. The molecule has 0 amide bonds. The summed E-state index contributed by atoms with van der Waals surface area (Å²) in [6, 6.07) is 6.82. The third kappa shape index (κ3) is 2.12. The van der Waals surface area contributed by atoms with Crippen molar-refractivity contribution >= 4 is 23.3 Å². The quantitative estimate of drug-likeness (QED) is 0.746. The molecule has 2 atom stereocenters. The predicted molar refractivity (Wildman–Crippen MR) is 99.0 cm³/mol. The Morgan fingerprint density at radius 2 is 2.00 bits per heavy atom. The molecule has 7 rings (SSSR count). The average molecular weight is 350 g/mol. The maximum Gasteiger partial charge on any atom is 0.163 e. The summed E-state index contributed by atoms with van der Waals surface area (Å²) in [5, 5.41) is 4.42. The molecule has 128 valence electrons. The second kappa shape index (κ2) is 5.21. The zero-order chi connectivity index (χ0) is 16.4.